The number of rotatable bonds is 9. The van der Waals surface area contributed by atoms with Gasteiger partial charge in [-0.15, -0.1) is 0 Å². The molecule has 6 nitrogen and oxygen atoms in total. The zero-order valence-electron chi connectivity index (χ0n) is 17.6. The Bertz CT molecular complexity index is 957. The highest BCUT2D eigenvalue weighted by molar-refractivity contribution is 9.10. The molecule has 2 aromatic rings. The molecule has 0 saturated carbocycles. The van der Waals surface area contributed by atoms with E-state index in [9.17, 15) is 9.59 Å². The predicted octanol–water partition coefficient (Wildman–Crippen LogP) is 4.25. The van der Waals surface area contributed by atoms with Crippen molar-refractivity contribution in [3.8, 4) is 0 Å². The van der Waals surface area contributed by atoms with E-state index in [1.807, 2.05) is 51.2 Å². The number of halogens is 1. The zero-order chi connectivity index (χ0) is 21.6. The molecule has 29 heavy (non-hydrogen) atoms. The Morgan fingerprint density at radius 1 is 1.24 bits per heavy atom. The predicted molar refractivity (Wildman–Crippen MR) is 122 cm³/mol. The molecule has 3 N–H and O–H groups in total. The quantitative estimate of drug-likeness (QED) is 0.386. The Labute approximate surface area is 180 Å². The molecule has 2 amide bonds. The number of aromatic nitrogens is 1. The first kappa shape index (κ1) is 22.7. The number of hydrogen-bond donors (Lipinski definition) is 3. The van der Waals surface area contributed by atoms with E-state index in [0.717, 1.165) is 38.9 Å². The summed E-state index contributed by atoms with van der Waals surface area (Å²) in [6.45, 7) is 11.1. The molecule has 0 aliphatic heterocycles. The maximum absolute atomic E-state index is 12.9. The first-order chi connectivity index (χ1) is 13.8. The standard InChI is InChI=1S/C22H29BrN4O2/c1-6-24-20(9-16(5)26-13-28)15(4)12-25-22(29)19-10-17(23)11-21-18(19)7-8-27(21)14(2)3/h7-11,13-14,24H,6,12H2,1-5H3,(H,25,29)(H,26,28)/b16-9-,20-15-. The molecule has 7 heteroatoms. The number of nitrogens with zero attached hydrogens (tertiary/aromatic N) is 1. The van der Waals surface area contributed by atoms with Gasteiger partial charge in [-0.05, 0) is 64.5 Å². The van der Waals surface area contributed by atoms with Crippen LogP contribution in [0.25, 0.3) is 10.9 Å². The van der Waals surface area contributed by atoms with Crippen LogP contribution >= 0.6 is 15.9 Å². The molecular weight excluding hydrogens is 432 g/mol. The summed E-state index contributed by atoms with van der Waals surface area (Å²) in [6, 6.07) is 6.18. The van der Waals surface area contributed by atoms with Gasteiger partial charge in [0.1, 0.15) is 0 Å². The third-order valence-corrected chi connectivity index (χ3v) is 5.05. The number of carbonyl (C=O) groups is 2. The van der Waals surface area contributed by atoms with E-state index in [2.05, 4.69) is 50.3 Å². The molecule has 0 radical (unpaired) electrons. The van der Waals surface area contributed by atoms with Crippen molar-refractivity contribution in [1.82, 2.24) is 20.5 Å². The fourth-order valence-corrected chi connectivity index (χ4v) is 3.58. The van der Waals surface area contributed by atoms with Gasteiger partial charge in [-0.2, -0.15) is 0 Å². The van der Waals surface area contributed by atoms with Crippen LogP contribution in [0.15, 0.2) is 51.9 Å². The molecular formula is C22H29BrN4O2. The number of fused-ring (bicyclic) bond motifs is 1. The third kappa shape index (κ3) is 5.73. The summed E-state index contributed by atoms with van der Waals surface area (Å²) in [6.07, 6.45) is 4.52. The van der Waals surface area contributed by atoms with Crippen LogP contribution < -0.4 is 16.0 Å². The SMILES string of the molecule is CCNC(/C=C(/C)NC=O)=C(/C)CNC(=O)c1cc(Br)cc2c1ccn2C(C)C. The largest absolute Gasteiger partial charge is 0.385 e. The minimum Gasteiger partial charge on any atom is -0.385 e. The van der Waals surface area contributed by atoms with Gasteiger partial charge in [0.05, 0.1) is 5.52 Å². The average molecular weight is 461 g/mol. The molecule has 0 spiro atoms. The summed E-state index contributed by atoms with van der Waals surface area (Å²) in [7, 11) is 0. The summed E-state index contributed by atoms with van der Waals surface area (Å²) >= 11 is 3.53. The van der Waals surface area contributed by atoms with Gasteiger partial charge in [0, 0.05) is 52.1 Å². The minimum absolute atomic E-state index is 0.125. The van der Waals surface area contributed by atoms with Gasteiger partial charge in [-0.1, -0.05) is 15.9 Å². The van der Waals surface area contributed by atoms with Crippen LogP contribution in [-0.2, 0) is 4.79 Å². The Kier molecular flexibility index (Phi) is 8.08. The van der Waals surface area contributed by atoms with Crippen molar-refractivity contribution < 1.29 is 9.59 Å². The zero-order valence-corrected chi connectivity index (χ0v) is 19.2. The molecule has 1 aromatic carbocycles. The molecule has 0 aliphatic carbocycles. The molecule has 0 bridgehead atoms. The second-order valence-corrected chi connectivity index (χ2v) is 8.12. The van der Waals surface area contributed by atoms with Crippen molar-refractivity contribution in [3.05, 3.63) is 57.5 Å². The fraction of sp³-hybridized carbons (Fsp3) is 0.364. The van der Waals surface area contributed by atoms with Crippen LogP contribution in [0, 0.1) is 0 Å². The van der Waals surface area contributed by atoms with Crippen molar-refractivity contribution in [2.24, 2.45) is 0 Å². The van der Waals surface area contributed by atoms with Crippen LogP contribution in [0.4, 0.5) is 0 Å². The first-order valence-corrected chi connectivity index (χ1v) is 10.5. The normalized spacial score (nSPS) is 12.7. The van der Waals surface area contributed by atoms with Crippen molar-refractivity contribution in [2.45, 2.75) is 40.7 Å². The van der Waals surface area contributed by atoms with E-state index in [1.54, 1.807) is 0 Å². The molecule has 0 unspecified atom stereocenters. The van der Waals surface area contributed by atoms with Crippen LogP contribution in [0.5, 0.6) is 0 Å². The van der Waals surface area contributed by atoms with Crippen LogP contribution in [0.2, 0.25) is 0 Å². The Hall–Kier alpha value is -2.54. The third-order valence-electron chi connectivity index (χ3n) is 4.59. The van der Waals surface area contributed by atoms with Gasteiger partial charge >= 0.3 is 0 Å². The van der Waals surface area contributed by atoms with E-state index in [0.29, 0.717) is 24.6 Å². The van der Waals surface area contributed by atoms with Gasteiger partial charge in [-0.25, -0.2) is 0 Å². The fourth-order valence-electron chi connectivity index (χ4n) is 3.14. The van der Waals surface area contributed by atoms with E-state index >= 15 is 0 Å². The highest BCUT2D eigenvalue weighted by Gasteiger charge is 2.15. The summed E-state index contributed by atoms with van der Waals surface area (Å²) in [4.78, 5) is 23.6. The number of benzene rings is 1. The summed E-state index contributed by atoms with van der Waals surface area (Å²) in [5, 5.41) is 9.85. The maximum atomic E-state index is 12.9. The number of hydrogen-bond acceptors (Lipinski definition) is 3. The van der Waals surface area contributed by atoms with Gasteiger partial charge < -0.3 is 20.5 Å². The number of amides is 2. The van der Waals surface area contributed by atoms with Crippen LogP contribution in [0.3, 0.4) is 0 Å². The van der Waals surface area contributed by atoms with Crippen LogP contribution in [-0.4, -0.2) is 30.0 Å². The Morgan fingerprint density at radius 2 is 1.97 bits per heavy atom. The van der Waals surface area contributed by atoms with Gasteiger partial charge in [0.15, 0.2) is 0 Å². The van der Waals surface area contributed by atoms with Crippen LogP contribution in [0.1, 0.15) is 51.0 Å². The lowest BCUT2D eigenvalue weighted by molar-refractivity contribution is -0.108. The summed E-state index contributed by atoms with van der Waals surface area (Å²) in [5.74, 6) is -0.125. The monoisotopic (exact) mass is 460 g/mol. The van der Waals surface area contributed by atoms with Crippen molar-refractivity contribution in [1.29, 1.82) is 0 Å². The lowest BCUT2D eigenvalue weighted by Crippen LogP contribution is -2.27. The average Bonchev–Trinajstić information content (AvgIpc) is 3.08. The lowest BCUT2D eigenvalue weighted by atomic mass is 10.1. The summed E-state index contributed by atoms with van der Waals surface area (Å²) < 4.78 is 3.02. The number of likely N-dealkylation sites (N-methyl/N-ethyl adjacent to an activating group) is 1. The van der Waals surface area contributed by atoms with Gasteiger partial charge in [0.25, 0.3) is 5.91 Å². The Morgan fingerprint density at radius 3 is 2.59 bits per heavy atom. The molecule has 0 fully saturated rings. The number of allylic oxidation sites excluding steroid dienone is 2. The molecule has 0 aliphatic rings. The number of nitrogens with one attached hydrogen (secondary N) is 3. The highest BCUT2D eigenvalue weighted by atomic mass is 79.9. The lowest BCUT2D eigenvalue weighted by Gasteiger charge is -2.14. The number of carbonyl (C=O) groups excluding carboxylic acids is 2. The van der Waals surface area contributed by atoms with E-state index in [1.165, 1.54) is 0 Å². The topological polar surface area (TPSA) is 75.2 Å². The van der Waals surface area contributed by atoms with Gasteiger partial charge in [-0.3, -0.25) is 9.59 Å². The molecule has 1 heterocycles. The molecule has 1 aromatic heterocycles. The highest BCUT2D eigenvalue weighted by Crippen LogP contribution is 2.27. The second-order valence-electron chi connectivity index (χ2n) is 7.20. The molecule has 156 valence electrons. The van der Waals surface area contributed by atoms with E-state index in [4.69, 9.17) is 0 Å². The van der Waals surface area contributed by atoms with Crippen molar-refractivity contribution in [2.75, 3.05) is 13.1 Å². The second kappa shape index (κ2) is 10.3. The molecule has 0 saturated heterocycles. The first-order valence-electron chi connectivity index (χ1n) is 9.68. The minimum atomic E-state index is -0.125. The summed E-state index contributed by atoms with van der Waals surface area (Å²) in [5.41, 5.74) is 4.24. The Balaban J connectivity index is 2.28. The van der Waals surface area contributed by atoms with Gasteiger partial charge in [0.2, 0.25) is 6.41 Å². The smallest absolute Gasteiger partial charge is 0.252 e. The molecule has 2 rings (SSSR count). The van der Waals surface area contributed by atoms with E-state index < -0.39 is 0 Å². The van der Waals surface area contributed by atoms with Crippen molar-refractivity contribution in [3.63, 3.8) is 0 Å². The van der Waals surface area contributed by atoms with Crippen molar-refractivity contribution >= 4 is 39.2 Å². The maximum Gasteiger partial charge on any atom is 0.252 e. The van der Waals surface area contributed by atoms with E-state index in [-0.39, 0.29) is 5.91 Å². The molecule has 0 atom stereocenters.